The van der Waals surface area contributed by atoms with Crippen molar-refractivity contribution in [2.24, 2.45) is 0 Å². The molecule has 0 unspecified atom stereocenters. The second kappa shape index (κ2) is 7.11. The normalized spacial score (nSPS) is 14.5. The molecule has 126 valence electrons. The first-order chi connectivity index (χ1) is 11.6. The molecule has 1 aliphatic rings. The molecule has 24 heavy (non-hydrogen) atoms. The molecule has 3 rings (SSSR count). The first-order valence-corrected chi connectivity index (χ1v) is 8.16. The summed E-state index contributed by atoms with van der Waals surface area (Å²) in [4.78, 5) is 6.63. The van der Waals surface area contributed by atoms with Crippen molar-refractivity contribution in [3.8, 4) is 11.5 Å². The lowest BCUT2D eigenvalue weighted by atomic mass is 10.00. The summed E-state index contributed by atoms with van der Waals surface area (Å²) in [5.41, 5.74) is 2.46. The van der Waals surface area contributed by atoms with Crippen molar-refractivity contribution in [1.82, 2.24) is 10.3 Å². The Hall–Kier alpha value is -2.24. The minimum atomic E-state index is 0.0821. The lowest BCUT2D eigenvalue weighted by molar-refractivity contribution is 0.373. The highest BCUT2D eigenvalue weighted by Crippen LogP contribution is 2.32. The van der Waals surface area contributed by atoms with Gasteiger partial charge in [-0.3, -0.25) is 0 Å². The fourth-order valence-electron chi connectivity index (χ4n) is 2.76. The number of pyridine rings is 1. The van der Waals surface area contributed by atoms with E-state index >= 15 is 0 Å². The van der Waals surface area contributed by atoms with Crippen LogP contribution in [0.2, 0.25) is 5.15 Å². The van der Waals surface area contributed by atoms with Gasteiger partial charge in [-0.05, 0) is 41.0 Å². The van der Waals surface area contributed by atoms with E-state index in [1.54, 1.807) is 18.2 Å². The number of ether oxygens (including phenoxy) is 1. The third-order valence-corrected chi connectivity index (χ3v) is 4.29. The van der Waals surface area contributed by atoms with Crippen LogP contribution in [-0.2, 0) is 0 Å². The number of hydrogen-bond acceptors (Lipinski definition) is 5. The fourth-order valence-corrected chi connectivity index (χ4v) is 2.96. The number of halogens is 1. The Kier molecular flexibility index (Phi) is 4.92. The number of rotatable bonds is 4. The Morgan fingerprint density at radius 3 is 2.67 bits per heavy atom. The number of aromatic nitrogens is 1. The maximum absolute atomic E-state index is 9.98. The molecule has 1 saturated heterocycles. The number of methoxy groups -OCH3 is 1. The number of phenolic OH excluding ortho intramolecular Hbond substituents is 1. The maximum Gasteiger partial charge on any atom is 0.160 e. The molecule has 0 amide bonds. The second-order valence-electron chi connectivity index (χ2n) is 5.64. The topological polar surface area (TPSA) is 57.6 Å². The van der Waals surface area contributed by atoms with Gasteiger partial charge in [0.2, 0.25) is 0 Å². The highest BCUT2D eigenvalue weighted by atomic mass is 35.5. The van der Waals surface area contributed by atoms with E-state index in [1.807, 2.05) is 12.1 Å². The molecule has 0 aliphatic carbocycles. The van der Waals surface area contributed by atoms with Crippen molar-refractivity contribution in [3.63, 3.8) is 0 Å². The first kappa shape index (κ1) is 16.6. The van der Waals surface area contributed by atoms with E-state index in [0.717, 1.165) is 48.7 Å². The minimum absolute atomic E-state index is 0.0821. The Labute approximate surface area is 146 Å². The number of piperazine rings is 1. The van der Waals surface area contributed by atoms with Gasteiger partial charge in [0.1, 0.15) is 11.0 Å². The minimum Gasteiger partial charge on any atom is -0.504 e. The molecule has 2 aromatic rings. The van der Waals surface area contributed by atoms with Crippen LogP contribution in [0, 0.1) is 0 Å². The summed E-state index contributed by atoms with van der Waals surface area (Å²) in [5, 5.41) is 13.7. The van der Waals surface area contributed by atoms with Gasteiger partial charge in [-0.15, -0.1) is 0 Å². The number of aromatic hydroxyl groups is 1. The van der Waals surface area contributed by atoms with E-state index in [1.165, 1.54) is 7.11 Å². The van der Waals surface area contributed by atoms with Crippen LogP contribution in [-0.4, -0.2) is 43.4 Å². The average Bonchev–Trinajstić information content (AvgIpc) is 2.61. The van der Waals surface area contributed by atoms with E-state index in [9.17, 15) is 5.11 Å². The summed E-state index contributed by atoms with van der Waals surface area (Å²) in [6, 6.07) is 8.99. The Morgan fingerprint density at radius 2 is 2.00 bits per heavy atom. The molecule has 1 aliphatic heterocycles. The summed E-state index contributed by atoms with van der Waals surface area (Å²) in [6.07, 6.45) is 0. The van der Waals surface area contributed by atoms with Gasteiger partial charge in [0, 0.05) is 26.2 Å². The average molecular weight is 346 g/mol. The van der Waals surface area contributed by atoms with Crippen molar-refractivity contribution in [1.29, 1.82) is 0 Å². The van der Waals surface area contributed by atoms with E-state index in [0.29, 0.717) is 10.9 Å². The molecule has 0 spiro atoms. The smallest absolute Gasteiger partial charge is 0.160 e. The van der Waals surface area contributed by atoms with Gasteiger partial charge in [0.15, 0.2) is 11.5 Å². The molecular formula is C18H20ClN3O2. The number of nitrogens with one attached hydrogen (secondary N) is 1. The van der Waals surface area contributed by atoms with E-state index < -0.39 is 0 Å². The third kappa shape index (κ3) is 3.47. The first-order valence-electron chi connectivity index (χ1n) is 7.78. The maximum atomic E-state index is 9.98. The van der Waals surface area contributed by atoms with Gasteiger partial charge in [-0.2, -0.15) is 0 Å². The predicted molar refractivity (Wildman–Crippen MR) is 97.1 cm³/mol. The summed E-state index contributed by atoms with van der Waals surface area (Å²) >= 11 is 6.22. The number of hydrogen-bond donors (Lipinski definition) is 2. The van der Waals surface area contributed by atoms with Crippen molar-refractivity contribution in [2.45, 2.75) is 0 Å². The molecule has 1 aromatic carbocycles. The predicted octanol–water partition coefficient (Wildman–Crippen LogP) is 2.92. The molecule has 2 heterocycles. The second-order valence-corrected chi connectivity index (χ2v) is 6.03. The van der Waals surface area contributed by atoms with E-state index in [4.69, 9.17) is 16.3 Å². The van der Waals surface area contributed by atoms with Crippen LogP contribution in [0.4, 0.5) is 5.82 Å². The van der Waals surface area contributed by atoms with Crippen LogP contribution in [0.15, 0.2) is 36.9 Å². The zero-order chi connectivity index (χ0) is 17.1. The summed E-state index contributed by atoms with van der Waals surface area (Å²) in [7, 11) is 1.52. The lowest BCUT2D eigenvalue weighted by Crippen LogP contribution is -2.43. The van der Waals surface area contributed by atoms with Gasteiger partial charge in [0.05, 0.1) is 7.11 Å². The Balaban J connectivity index is 1.92. The lowest BCUT2D eigenvalue weighted by Gasteiger charge is -2.29. The monoisotopic (exact) mass is 345 g/mol. The van der Waals surface area contributed by atoms with Gasteiger partial charge in [-0.1, -0.05) is 24.2 Å². The van der Waals surface area contributed by atoms with Crippen molar-refractivity contribution in [2.75, 3.05) is 38.2 Å². The van der Waals surface area contributed by atoms with Crippen molar-refractivity contribution >= 4 is 23.0 Å². The zero-order valence-corrected chi connectivity index (χ0v) is 14.3. The SMILES string of the molecule is C=C(c1cc(Cl)nc(N2CCNCC2)c1)c1ccc(OC)c(O)c1. The molecule has 1 aromatic heterocycles. The zero-order valence-electron chi connectivity index (χ0n) is 13.6. The number of anilines is 1. The highest BCUT2D eigenvalue weighted by Gasteiger charge is 2.15. The molecule has 0 atom stereocenters. The number of phenols is 1. The molecule has 5 nitrogen and oxygen atoms in total. The molecule has 2 N–H and O–H groups in total. The molecule has 6 heteroatoms. The summed E-state index contributed by atoms with van der Waals surface area (Å²) < 4.78 is 5.08. The summed E-state index contributed by atoms with van der Waals surface area (Å²) in [5.74, 6) is 1.36. The van der Waals surface area contributed by atoms with Gasteiger partial charge < -0.3 is 20.1 Å². The van der Waals surface area contributed by atoms with Crippen LogP contribution in [0.3, 0.4) is 0 Å². The van der Waals surface area contributed by atoms with Crippen LogP contribution in [0.25, 0.3) is 5.57 Å². The van der Waals surface area contributed by atoms with Crippen LogP contribution < -0.4 is 15.0 Å². The molecule has 0 bridgehead atoms. The van der Waals surface area contributed by atoms with Gasteiger partial charge >= 0.3 is 0 Å². The third-order valence-electron chi connectivity index (χ3n) is 4.10. The summed E-state index contributed by atoms with van der Waals surface area (Å²) in [6.45, 7) is 7.79. The molecule has 0 radical (unpaired) electrons. The van der Waals surface area contributed by atoms with Gasteiger partial charge in [-0.25, -0.2) is 4.98 Å². The fraction of sp³-hybridized carbons (Fsp3) is 0.278. The quantitative estimate of drug-likeness (QED) is 0.834. The van der Waals surface area contributed by atoms with E-state index in [2.05, 4.69) is 21.8 Å². The Morgan fingerprint density at radius 1 is 1.25 bits per heavy atom. The molecule has 0 saturated carbocycles. The van der Waals surface area contributed by atoms with Crippen molar-refractivity contribution in [3.05, 3.63) is 53.2 Å². The van der Waals surface area contributed by atoms with Crippen LogP contribution in [0.5, 0.6) is 11.5 Å². The van der Waals surface area contributed by atoms with Crippen molar-refractivity contribution < 1.29 is 9.84 Å². The standard InChI is InChI=1S/C18H20ClN3O2/c1-12(13-3-4-16(24-2)15(23)9-13)14-10-17(19)21-18(11-14)22-7-5-20-6-8-22/h3-4,9-11,20,23H,1,5-8H2,2H3. The highest BCUT2D eigenvalue weighted by molar-refractivity contribution is 6.29. The van der Waals surface area contributed by atoms with Crippen LogP contribution in [0.1, 0.15) is 11.1 Å². The van der Waals surface area contributed by atoms with Crippen LogP contribution >= 0.6 is 11.6 Å². The number of nitrogens with zero attached hydrogens (tertiary/aromatic N) is 2. The molecule has 1 fully saturated rings. The number of benzene rings is 1. The molecular weight excluding hydrogens is 326 g/mol. The largest absolute Gasteiger partial charge is 0.504 e. The van der Waals surface area contributed by atoms with Gasteiger partial charge in [0.25, 0.3) is 0 Å². The Bertz CT molecular complexity index is 758. The van der Waals surface area contributed by atoms with E-state index in [-0.39, 0.29) is 5.75 Å².